The molecule has 0 aliphatic carbocycles. The summed E-state index contributed by atoms with van der Waals surface area (Å²) in [6.07, 6.45) is 1.85. The minimum Gasteiger partial charge on any atom is -0.383 e. The number of nitrogens with zero attached hydrogens (tertiary/aromatic N) is 1. The number of carbonyl (C=O) groups excluding carboxylic acids is 1. The van der Waals surface area contributed by atoms with E-state index in [0.717, 1.165) is 43.6 Å². The summed E-state index contributed by atoms with van der Waals surface area (Å²) < 4.78 is 1.12. The van der Waals surface area contributed by atoms with Gasteiger partial charge in [0.15, 0.2) is 0 Å². The Morgan fingerprint density at radius 1 is 0.824 bits per heavy atom. The molecular weight excluding hydrogens is 440 g/mol. The second kappa shape index (κ2) is 9.00. The number of carbonyl (C=O) groups is 1. The van der Waals surface area contributed by atoms with Crippen LogP contribution in [-0.4, -0.2) is 11.0 Å². The van der Waals surface area contributed by atoms with Gasteiger partial charge in [-0.05, 0) is 60.2 Å². The molecule has 0 aliphatic heterocycles. The van der Waals surface area contributed by atoms with E-state index in [1.54, 1.807) is 11.3 Å². The van der Waals surface area contributed by atoms with Crippen LogP contribution >= 0.6 is 11.3 Å². The van der Waals surface area contributed by atoms with Crippen LogP contribution in [0.1, 0.15) is 11.1 Å². The molecule has 0 fully saturated rings. The fraction of sp³-hybridized carbons (Fsp3) is 0.0714. The third-order valence-corrected chi connectivity index (χ3v) is 6.73. The highest BCUT2D eigenvalue weighted by Crippen LogP contribution is 2.41. The van der Waals surface area contributed by atoms with Gasteiger partial charge in [-0.3, -0.25) is 0 Å². The Bertz CT molecular complexity index is 1490. The molecule has 0 unspecified atom stereocenters. The van der Waals surface area contributed by atoms with Crippen molar-refractivity contribution in [2.24, 2.45) is 0 Å². The van der Waals surface area contributed by atoms with Gasteiger partial charge in [0.25, 0.3) is 0 Å². The highest BCUT2D eigenvalue weighted by Gasteiger charge is 2.15. The Kier molecular flexibility index (Phi) is 5.74. The fourth-order valence-corrected chi connectivity index (χ4v) is 5.09. The van der Waals surface area contributed by atoms with Crippen LogP contribution in [0.5, 0.6) is 0 Å². The number of hydrogen-bond donors (Lipinski definition) is 3. The van der Waals surface area contributed by atoms with Crippen LogP contribution in [0.4, 0.5) is 22.0 Å². The smallest absolute Gasteiger partial charge is 0.323 e. The highest BCUT2D eigenvalue weighted by atomic mass is 32.1. The van der Waals surface area contributed by atoms with Gasteiger partial charge < -0.3 is 16.4 Å². The molecule has 5 rings (SSSR count). The topological polar surface area (TPSA) is 80.0 Å². The minimum absolute atomic E-state index is 0.282. The lowest BCUT2D eigenvalue weighted by Crippen LogP contribution is -2.19. The molecule has 0 atom stereocenters. The molecule has 2 amide bonds. The van der Waals surface area contributed by atoms with Crippen LogP contribution in [0.25, 0.3) is 32.3 Å². The van der Waals surface area contributed by atoms with Crippen LogP contribution in [-0.2, 0) is 0 Å². The molecule has 0 spiro atoms. The van der Waals surface area contributed by atoms with Gasteiger partial charge in [0.05, 0.1) is 0 Å². The molecule has 0 aliphatic rings. The number of aromatic nitrogens is 1. The number of fused-ring (bicyclic) bond motifs is 1. The fourth-order valence-electron chi connectivity index (χ4n) is 3.97. The number of thiophene rings is 1. The summed E-state index contributed by atoms with van der Waals surface area (Å²) in [4.78, 5) is 16.9. The number of urea groups is 1. The Labute approximate surface area is 202 Å². The molecule has 4 N–H and O–H groups in total. The minimum atomic E-state index is -0.282. The average Bonchev–Trinajstić information content (AvgIpc) is 3.27. The number of benzene rings is 3. The maximum atomic E-state index is 12.4. The molecule has 2 aromatic heterocycles. The zero-order chi connectivity index (χ0) is 23.7. The van der Waals surface area contributed by atoms with Crippen LogP contribution < -0.4 is 16.4 Å². The zero-order valence-corrected chi connectivity index (χ0v) is 19.7. The number of hydrogen-bond acceptors (Lipinski definition) is 4. The predicted molar refractivity (Wildman–Crippen MR) is 143 cm³/mol. The largest absolute Gasteiger partial charge is 0.383 e. The van der Waals surface area contributed by atoms with Crippen molar-refractivity contribution in [2.75, 3.05) is 16.4 Å². The normalized spacial score (nSPS) is 10.9. The summed E-state index contributed by atoms with van der Waals surface area (Å²) in [6.45, 7) is 4.07. The number of nitrogens with two attached hydrogens (primary N) is 1. The van der Waals surface area contributed by atoms with Crippen molar-refractivity contribution in [1.29, 1.82) is 0 Å². The number of pyridine rings is 1. The van der Waals surface area contributed by atoms with Crippen LogP contribution in [0.15, 0.2) is 84.4 Å². The first-order valence-electron chi connectivity index (χ1n) is 11.0. The lowest BCUT2D eigenvalue weighted by Gasteiger charge is -2.10. The number of aryl methyl sites for hydroxylation is 2. The van der Waals surface area contributed by atoms with Crippen LogP contribution in [0, 0.1) is 13.8 Å². The molecule has 0 saturated heterocycles. The van der Waals surface area contributed by atoms with Crippen LogP contribution in [0.3, 0.4) is 0 Å². The molecule has 6 heteroatoms. The van der Waals surface area contributed by atoms with Crippen molar-refractivity contribution in [3.05, 3.63) is 95.5 Å². The van der Waals surface area contributed by atoms with Gasteiger partial charge in [0, 0.05) is 38.8 Å². The van der Waals surface area contributed by atoms with Gasteiger partial charge in [-0.25, -0.2) is 9.78 Å². The number of anilines is 3. The van der Waals surface area contributed by atoms with Crippen molar-refractivity contribution in [3.63, 3.8) is 0 Å². The van der Waals surface area contributed by atoms with E-state index >= 15 is 0 Å². The molecular formula is C28H24N4OS. The quantitative estimate of drug-likeness (QED) is 0.258. The van der Waals surface area contributed by atoms with E-state index in [0.29, 0.717) is 11.5 Å². The maximum absolute atomic E-state index is 12.4. The second-order valence-electron chi connectivity index (χ2n) is 8.30. The zero-order valence-electron chi connectivity index (χ0n) is 18.9. The monoisotopic (exact) mass is 464 g/mol. The predicted octanol–water partition coefficient (Wildman–Crippen LogP) is 7.47. The summed E-state index contributed by atoms with van der Waals surface area (Å²) in [5.41, 5.74) is 14.3. The summed E-state index contributed by atoms with van der Waals surface area (Å²) in [5, 5.41) is 8.82. The van der Waals surface area contributed by atoms with E-state index in [1.165, 1.54) is 5.56 Å². The van der Waals surface area contributed by atoms with Crippen molar-refractivity contribution in [1.82, 2.24) is 4.98 Å². The number of nitrogens with one attached hydrogen (secondary N) is 2. The lowest BCUT2D eigenvalue weighted by molar-refractivity contribution is 0.262. The van der Waals surface area contributed by atoms with E-state index in [4.69, 9.17) is 5.73 Å². The summed E-state index contributed by atoms with van der Waals surface area (Å²) in [6, 6.07) is 23.6. The van der Waals surface area contributed by atoms with E-state index in [1.807, 2.05) is 61.7 Å². The van der Waals surface area contributed by atoms with Crippen molar-refractivity contribution < 1.29 is 4.79 Å². The third kappa shape index (κ3) is 4.36. The first-order chi connectivity index (χ1) is 16.5. The van der Waals surface area contributed by atoms with Gasteiger partial charge in [-0.2, -0.15) is 0 Å². The van der Waals surface area contributed by atoms with Gasteiger partial charge >= 0.3 is 6.03 Å². The molecule has 3 aromatic carbocycles. The van der Waals surface area contributed by atoms with E-state index < -0.39 is 0 Å². The second-order valence-corrected chi connectivity index (χ2v) is 9.18. The maximum Gasteiger partial charge on any atom is 0.323 e. The first-order valence-corrected chi connectivity index (χ1v) is 11.8. The van der Waals surface area contributed by atoms with Crippen LogP contribution in [0.2, 0.25) is 0 Å². The summed E-state index contributed by atoms with van der Waals surface area (Å²) >= 11 is 1.67. The molecule has 5 nitrogen and oxygen atoms in total. The van der Waals surface area contributed by atoms with Gasteiger partial charge in [0.1, 0.15) is 5.82 Å². The van der Waals surface area contributed by atoms with E-state index in [-0.39, 0.29) is 6.03 Å². The van der Waals surface area contributed by atoms with Gasteiger partial charge in [0.2, 0.25) is 0 Å². The summed E-state index contributed by atoms with van der Waals surface area (Å²) in [5.74, 6) is 0.516. The summed E-state index contributed by atoms with van der Waals surface area (Å²) in [7, 11) is 0. The first kappa shape index (κ1) is 21.7. The molecule has 0 radical (unpaired) electrons. The number of nitrogen functional groups attached to an aromatic ring is 1. The molecule has 34 heavy (non-hydrogen) atoms. The Morgan fingerprint density at radius 3 is 2.24 bits per heavy atom. The Hall–Kier alpha value is -4.16. The van der Waals surface area contributed by atoms with Crippen molar-refractivity contribution in [2.45, 2.75) is 13.8 Å². The number of rotatable bonds is 4. The molecule has 168 valence electrons. The van der Waals surface area contributed by atoms with Crippen molar-refractivity contribution >= 4 is 44.6 Å². The lowest BCUT2D eigenvalue weighted by atomic mass is 10.0. The molecule has 2 heterocycles. The van der Waals surface area contributed by atoms with Gasteiger partial charge in [-0.1, -0.05) is 54.1 Å². The van der Waals surface area contributed by atoms with E-state index in [9.17, 15) is 4.79 Å². The Morgan fingerprint density at radius 2 is 1.50 bits per heavy atom. The molecule has 5 aromatic rings. The SMILES string of the molecule is Cc1ccc(-c2cnc(N)c3c(-c4ccc(NC(=O)Nc5cccc(C)c5)cc4)csc23)cc1. The Balaban J connectivity index is 1.40. The number of amides is 2. The van der Waals surface area contributed by atoms with Crippen molar-refractivity contribution in [3.8, 4) is 22.3 Å². The van der Waals surface area contributed by atoms with Gasteiger partial charge in [-0.15, -0.1) is 11.3 Å². The van der Waals surface area contributed by atoms with E-state index in [2.05, 4.69) is 52.2 Å². The molecule has 0 bridgehead atoms. The highest BCUT2D eigenvalue weighted by molar-refractivity contribution is 7.18. The third-order valence-electron chi connectivity index (χ3n) is 5.72. The average molecular weight is 465 g/mol. The standard InChI is InChI=1S/C28H24N4OS/c1-17-6-8-19(9-7-17)23-15-30-27(29)25-24(16-34-26(23)25)20-10-12-21(13-11-20)31-28(33)32-22-5-3-4-18(2)14-22/h3-16H,1-2H3,(H2,29,30)(H2,31,32,33). The molecule has 0 saturated carbocycles.